The highest BCUT2D eigenvalue weighted by Crippen LogP contribution is 2.26. The number of hydrogen-bond acceptors (Lipinski definition) is 3. The average molecular weight is 234 g/mol. The summed E-state index contributed by atoms with van der Waals surface area (Å²) in [6, 6.07) is 2.01. The molecule has 92 valence electrons. The highest BCUT2D eigenvalue weighted by atomic mass is 16.4. The zero-order chi connectivity index (χ0) is 12.3. The summed E-state index contributed by atoms with van der Waals surface area (Å²) in [6.07, 6.45) is 6.02. The molecule has 0 amide bonds. The van der Waals surface area contributed by atoms with Crippen molar-refractivity contribution in [2.45, 2.75) is 26.2 Å². The smallest absolute Gasteiger partial charge is 0.303 e. The summed E-state index contributed by atoms with van der Waals surface area (Å²) in [4.78, 5) is 17.1. The zero-order valence-electron chi connectivity index (χ0n) is 10.1. The Hall–Kier alpha value is -1.58. The SMILES string of the molecule is Cc1cnccc1N1CCCC(CC(=O)O)C1. The van der Waals surface area contributed by atoms with Crippen molar-refractivity contribution in [2.24, 2.45) is 5.92 Å². The molecule has 1 atom stereocenters. The second-order valence-electron chi connectivity index (χ2n) is 4.71. The van der Waals surface area contributed by atoms with Gasteiger partial charge in [0.25, 0.3) is 0 Å². The first kappa shape index (κ1) is 11.9. The summed E-state index contributed by atoms with van der Waals surface area (Å²) < 4.78 is 0. The number of piperidine rings is 1. The van der Waals surface area contributed by atoms with E-state index in [-0.39, 0.29) is 12.3 Å². The minimum absolute atomic E-state index is 0.272. The number of pyridine rings is 1. The molecule has 0 aliphatic carbocycles. The van der Waals surface area contributed by atoms with Crippen molar-refractivity contribution < 1.29 is 9.90 Å². The molecule has 1 unspecified atom stereocenters. The van der Waals surface area contributed by atoms with Crippen molar-refractivity contribution >= 4 is 11.7 Å². The van der Waals surface area contributed by atoms with Gasteiger partial charge in [-0.15, -0.1) is 0 Å². The van der Waals surface area contributed by atoms with Crippen LogP contribution in [0.15, 0.2) is 18.5 Å². The molecule has 1 aliphatic heterocycles. The van der Waals surface area contributed by atoms with E-state index in [4.69, 9.17) is 5.11 Å². The highest BCUT2D eigenvalue weighted by molar-refractivity contribution is 5.67. The Morgan fingerprint density at radius 3 is 3.18 bits per heavy atom. The Morgan fingerprint density at radius 2 is 2.47 bits per heavy atom. The molecule has 1 aromatic rings. The molecule has 17 heavy (non-hydrogen) atoms. The number of aliphatic carboxylic acids is 1. The van der Waals surface area contributed by atoms with Crippen LogP contribution >= 0.6 is 0 Å². The monoisotopic (exact) mass is 234 g/mol. The fourth-order valence-electron chi connectivity index (χ4n) is 2.52. The van der Waals surface area contributed by atoms with Crippen LogP contribution in [0.4, 0.5) is 5.69 Å². The molecule has 0 spiro atoms. The van der Waals surface area contributed by atoms with Crippen molar-refractivity contribution in [3.63, 3.8) is 0 Å². The topological polar surface area (TPSA) is 53.4 Å². The molecule has 4 nitrogen and oxygen atoms in total. The number of aromatic nitrogens is 1. The largest absolute Gasteiger partial charge is 0.481 e. The number of anilines is 1. The lowest BCUT2D eigenvalue weighted by Crippen LogP contribution is -2.36. The normalized spacial score (nSPS) is 20.3. The van der Waals surface area contributed by atoms with Crippen LogP contribution in [0.3, 0.4) is 0 Å². The summed E-state index contributed by atoms with van der Waals surface area (Å²) in [7, 11) is 0. The van der Waals surface area contributed by atoms with E-state index in [2.05, 4.69) is 9.88 Å². The summed E-state index contributed by atoms with van der Waals surface area (Å²) in [5.41, 5.74) is 2.35. The van der Waals surface area contributed by atoms with Gasteiger partial charge in [-0.25, -0.2) is 0 Å². The van der Waals surface area contributed by atoms with Gasteiger partial charge in [0.05, 0.1) is 0 Å². The van der Waals surface area contributed by atoms with E-state index in [1.807, 2.05) is 19.2 Å². The van der Waals surface area contributed by atoms with Crippen LogP contribution < -0.4 is 4.90 Å². The molecule has 0 saturated carbocycles. The first-order valence-corrected chi connectivity index (χ1v) is 6.04. The molecule has 1 fully saturated rings. The third-order valence-corrected chi connectivity index (χ3v) is 3.31. The van der Waals surface area contributed by atoms with Gasteiger partial charge in [0.2, 0.25) is 0 Å². The fraction of sp³-hybridized carbons (Fsp3) is 0.538. The summed E-state index contributed by atoms with van der Waals surface area (Å²) in [5, 5.41) is 8.85. The second kappa shape index (κ2) is 5.17. The average Bonchev–Trinajstić information content (AvgIpc) is 2.29. The lowest BCUT2D eigenvalue weighted by atomic mass is 9.94. The van der Waals surface area contributed by atoms with Gasteiger partial charge in [-0.2, -0.15) is 0 Å². The highest BCUT2D eigenvalue weighted by Gasteiger charge is 2.22. The van der Waals surface area contributed by atoms with E-state index in [9.17, 15) is 4.79 Å². The minimum Gasteiger partial charge on any atom is -0.481 e. The molecular weight excluding hydrogens is 216 g/mol. The van der Waals surface area contributed by atoms with Gasteiger partial charge in [-0.1, -0.05) is 0 Å². The molecule has 1 saturated heterocycles. The van der Waals surface area contributed by atoms with Crippen molar-refractivity contribution in [3.05, 3.63) is 24.0 Å². The lowest BCUT2D eigenvalue weighted by molar-refractivity contribution is -0.138. The Morgan fingerprint density at radius 1 is 1.65 bits per heavy atom. The number of carboxylic acids is 1. The Kier molecular flexibility index (Phi) is 3.61. The quantitative estimate of drug-likeness (QED) is 0.870. The summed E-state index contributed by atoms with van der Waals surface area (Å²) >= 11 is 0. The van der Waals surface area contributed by atoms with Crippen LogP contribution in [0.5, 0.6) is 0 Å². The number of hydrogen-bond donors (Lipinski definition) is 1. The molecule has 1 N–H and O–H groups in total. The van der Waals surface area contributed by atoms with Crippen molar-refractivity contribution in [1.29, 1.82) is 0 Å². The molecule has 0 radical (unpaired) electrons. The van der Waals surface area contributed by atoms with Crippen LogP contribution in [0.2, 0.25) is 0 Å². The van der Waals surface area contributed by atoms with Crippen LogP contribution in [0, 0.1) is 12.8 Å². The molecule has 0 bridgehead atoms. The molecule has 2 rings (SSSR count). The minimum atomic E-state index is -0.691. The van der Waals surface area contributed by atoms with E-state index < -0.39 is 5.97 Å². The third kappa shape index (κ3) is 2.96. The number of rotatable bonds is 3. The van der Waals surface area contributed by atoms with E-state index in [0.29, 0.717) is 0 Å². The van der Waals surface area contributed by atoms with Crippen molar-refractivity contribution in [1.82, 2.24) is 4.98 Å². The fourth-order valence-corrected chi connectivity index (χ4v) is 2.52. The number of nitrogens with zero attached hydrogens (tertiary/aromatic N) is 2. The van der Waals surface area contributed by atoms with E-state index >= 15 is 0 Å². The molecule has 4 heteroatoms. The van der Waals surface area contributed by atoms with Gasteiger partial charge in [0.15, 0.2) is 0 Å². The van der Waals surface area contributed by atoms with Crippen LogP contribution in [0.25, 0.3) is 0 Å². The van der Waals surface area contributed by atoms with Crippen molar-refractivity contribution in [3.8, 4) is 0 Å². The van der Waals surface area contributed by atoms with Crippen LogP contribution in [0.1, 0.15) is 24.8 Å². The first-order valence-electron chi connectivity index (χ1n) is 6.04. The van der Waals surface area contributed by atoms with E-state index in [1.165, 1.54) is 5.69 Å². The first-order chi connectivity index (χ1) is 8.16. The molecule has 1 aromatic heterocycles. The van der Waals surface area contributed by atoms with Gasteiger partial charge >= 0.3 is 5.97 Å². The Bertz CT molecular complexity index is 406. The standard InChI is InChI=1S/C13H18N2O2/c1-10-8-14-5-4-12(10)15-6-2-3-11(9-15)7-13(16)17/h4-5,8,11H,2-3,6-7,9H2,1H3,(H,16,17). The molecular formula is C13H18N2O2. The molecule has 2 heterocycles. The summed E-state index contributed by atoms with van der Waals surface area (Å²) in [5.74, 6) is -0.419. The number of aryl methyl sites for hydroxylation is 1. The maximum absolute atomic E-state index is 10.7. The Balaban J connectivity index is 2.07. The van der Waals surface area contributed by atoms with Gasteiger partial charge in [0, 0.05) is 37.6 Å². The number of carboxylic acid groups (broad SMARTS) is 1. The number of carbonyl (C=O) groups is 1. The van der Waals surface area contributed by atoms with Crippen LogP contribution in [-0.2, 0) is 4.79 Å². The second-order valence-corrected chi connectivity index (χ2v) is 4.71. The van der Waals surface area contributed by atoms with Gasteiger partial charge < -0.3 is 10.0 Å². The van der Waals surface area contributed by atoms with Crippen LogP contribution in [-0.4, -0.2) is 29.1 Å². The van der Waals surface area contributed by atoms with Gasteiger partial charge in [-0.05, 0) is 37.3 Å². The predicted octanol–water partition coefficient (Wildman–Crippen LogP) is 2.08. The third-order valence-electron chi connectivity index (χ3n) is 3.31. The predicted molar refractivity (Wildman–Crippen MR) is 66.2 cm³/mol. The summed E-state index contributed by atoms with van der Waals surface area (Å²) in [6.45, 7) is 3.90. The Labute approximate surface area is 101 Å². The van der Waals surface area contributed by atoms with Gasteiger partial charge in [-0.3, -0.25) is 9.78 Å². The van der Waals surface area contributed by atoms with E-state index in [1.54, 1.807) is 6.20 Å². The lowest BCUT2D eigenvalue weighted by Gasteiger charge is -2.34. The van der Waals surface area contributed by atoms with Crippen molar-refractivity contribution in [2.75, 3.05) is 18.0 Å². The maximum Gasteiger partial charge on any atom is 0.303 e. The maximum atomic E-state index is 10.7. The molecule has 1 aliphatic rings. The van der Waals surface area contributed by atoms with E-state index in [0.717, 1.165) is 31.5 Å². The molecule has 0 aromatic carbocycles. The zero-order valence-corrected chi connectivity index (χ0v) is 10.1. The van der Waals surface area contributed by atoms with Gasteiger partial charge in [0.1, 0.15) is 0 Å².